The number of amidine groups is 1. The van der Waals surface area contributed by atoms with E-state index in [1.165, 1.54) is 74.0 Å². The van der Waals surface area contributed by atoms with Crippen molar-refractivity contribution in [2.45, 2.75) is 45.6 Å². The lowest BCUT2D eigenvalue weighted by molar-refractivity contribution is 0.817. The van der Waals surface area contributed by atoms with Crippen LogP contribution in [0.5, 0.6) is 0 Å². The maximum Gasteiger partial charge on any atom is 0.155 e. The van der Waals surface area contributed by atoms with E-state index in [1.807, 2.05) is 24.3 Å². The molecule has 7 aromatic carbocycles. The zero-order chi connectivity index (χ0) is 36.1. The number of hydrogen-bond acceptors (Lipinski definition) is 1. The normalized spacial score (nSPS) is 13.9. The Morgan fingerprint density at radius 2 is 1.04 bits per heavy atom. The average molecular weight is 685 g/mol. The van der Waals surface area contributed by atoms with Crippen LogP contribution in [0.25, 0.3) is 44.5 Å². The second kappa shape index (κ2) is 15.2. The van der Waals surface area contributed by atoms with Crippen LogP contribution >= 0.6 is 0 Å². The first-order valence-corrected chi connectivity index (χ1v) is 18.8. The van der Waals surface area contributed by atoms with Crippen LogP contribution in [0.3, 0.4) is 0 Å². The average Bonchev–Trinajstić information content (AvgIpc) is 4.07. The van der Waals surface area contributed by atoms with Gasteiger partial charge in [-0.1, -0.05) is 158 Å². The first kappa shape index (κ1) is 34.0. The summed E-state index contributed by atoms with van der Waals surface area (Å²) in [6.07, 6.45) is 2.45. The molecular formula is C51H44N2. The molecule has 8 rings (SSSR count). The fraction of sp³-hybridized carbons (Fsp3) is 0.137. The van der Waals surface area contributed by atoms with E-state index in [0.717, 1.165) is 22.7 Å². The Balaban J connectivity index is 1.18. The molecule has 0 radical (unpaired) electrons. The third kappa shape index (κ3) is 7.59. The molecule has 1 unspecified atom stereocenters. The van der Waals surface area contributed by atoms with Gasteiger partial charge in [0.2, 0.25) is 0 Å². The summed E-state index contributed by atoms with van der Waals surface area (Å²) in [6, 6.07) is 63.0. The van der Waals surface area contributed by atoms with Crippen LogP contribution in [0.4, 0.5) is 0 Å². The Kier molecular flexibility index (Phi) is 9.77. The lowest BCUT2D eigenvalue weighted by Crippen LogP contribution is -2.06. The first-order chi connectivity index (χ1) is 26.0. The minimum absolute atomic E-state index is 0.0725. The van der Waals surface area contributed by atoms with Gasteiger partial charge in [0.15, 0.2) is 5.84 Å². The highest BCUT2D eigenvalue weighted by molar-refractivity contribution is 6.11. The SMILES string of the molecule is C/C(=N\C(=N/C(C)c1ccc(-c2cccc(-c3cc(-c4ccccc4)cc(-c4ccccc4)c3)c2C2CC2)c(C)c1)c1ccccc1)c1ccccc1. The highest BCUT2D eigenvalue weighted by Crippen LogP contribution is 2.50. The number of nitrogens with zero attached hydrogens (tertiary/aromatic N) is 2. The summed E-state index contributed by atoms with van der Waals surface area (Å²) >= 11 is 0. The molecule has 1 atom stereocenters. The summed E-state index contributed by atoms with van der Waals surface area (Å²) in [5.41, 5.74) is 17.1. The number of aliphatic imine (C=N–C) groups is 2. The largest absolute Gasteiger partial charge is 0.258 e. The molecule has 1 aliphatic carbocycles. The summed E-state index contributed by atoms with van der Waals surface area (Å²) in [5.74, 6) is 1.31. The summed E-state index contributed by atoms with van der Waals surface area (Å²) in [5, 5.41) is 0. The lowest BCUT2D eigenvalue weighted by atomic mass is 9.85. The Morgan fingerprint density at radius 1 is 0.509 bits per heavy atom. The first-order valence-electron chi connectivity index (χ1n) is 18.8. The molecule has 7 aromatic rings. The fourth-order valence-corrected chi connectivity index (χ4v) is 7.41. The summed E-state index contributed by atoms with van der Waals surface area (Å²) in [4.78, 5) is 10.3. The minimum atomic E-state index is -0.0725. The van der Waals surface area contributed by atoms with Gasteiger partial charge >= 0.3 is 0 Å². The molecule has 1 aliphatic rings. The van der Waals surface area contributed by atoms with E-state index in [4.69, 9.17) is 9.98 Å². The van der Waals surface area contributed by atoms with Gasteiger partial charge in [-0.25, -0.2) is 4.99 Å². The molecule has 1 saturated carbocycles. The minimum Gasteiger partial charge on any atom is -0.258 e. The summed E-state index contributed by atoms with van der Waals surface area (Å²) in [6.45, 7) is 6.48. The third-order valence-electron chi connectivity index (χ3n) is 10.4. The van der Waals surface area contributed by atoms with Crippen LogP contribution in [-0.2, 0) is 0 Å². The molecule has 258 valence electrons. The second-order valence-electron chi connectivity index (χ2n) is 14.2. The standard InChI is InChI=1S/C51H44N2/c1-35-31-43(37(3)53-51(42-23-14-7-15-24-42)52-36(2)38-17-8-4-9-18-38)29-30-47(35)49-26-16-25-48(50(49)41-27-28-41)46-33-44(39-19-10-5-11-20-39)32-45(34-46)40-21-12-6-13-22-40/h4-26,29-34,37,41H,27-28H2,1-3H3/b52-36+,53-51-. The lowest BCUT2D eigenvalue weighted by Gasteiger charge is -2.19. The Hall–Kier alpha value is -6.12. The van der Waals surface area contributed by atoms with Crippen molar-refractivity contribution in [2.24, 2.45) is 9.98 Å². The molecule has 0 spiro atoms. The van der Waals surface area contributed by atoms with E-state index in [1.54, 1.807) is 0 Å². The van der Waals surface area contributed by atoms with Gasteiger partial charge < -0.3 is 0 Å². The molecule has 0 aromatic heterocycles. The van der Waals surface area contributed by atoms with E-state index >= 15 is 0 Å². The van der Waals surface area contributed by atoms with Crippen LogP contribution in [0.2, 0.25) is 0 Å². The zero-order valence-corrected chi connectivity index (χ0v) is 30.7. The molecule has 0 saturated heterocycles. The monoisotopic (exact) mass is 684 g/mol. The van der Waals surface area contributed by atoms with E-state index in [2.05, 4.69) is 172 Å². The number of aryl methyl sites for hydroxylation is 1. The molecule has 1 fully saturated rings. The van der Waals surface area contributed by atoms with Crippen molar-refractivity contribution in [3.8, 4) is 44.5 Å². The van der Waals surface area contributed by atoms with Crippen molar-refractivity contribution in [2.75, 3.05) is 0 Å². The van der Waals surface area contributed by atoms with Gasteiger partial charge in [-0.15, -0.1) is 0 Å². The Bertz CT molecular complexity index is 2350. The highest BCUT2D eigenvalue weighted by Gasteiger charge is 2.30. The molecule has 0 aliphatic heterocycles. The van der Waals surface area contributed by atoms with Crippen molar-refractivity contribution in [1.29, 1.82) is 0 Å². The third-order valence-corrected chi connectivity index (χ3v) is 10.4. The molecule has 0 heterocycles. The van der Waals surface area contributed by atoms with Crippen molar-refractivity contribution >= 4 is 11.5 Å². The molecular weight excluding hydrogens is 641 g/mol. The predicted octanol–water partition coefficient (Wildman–Crippen LogP) is 13.6. The topological polar surface area (TPSA) is 24.7 Å². The van der Waals surface area contributed by atoms with Gasteiger partial charge in [-0.2, -0.15) is 0 Å². The van der Waals surface area contributed by atoms with Crippen LogP contribution < -0.4 is 0 Å². The molecule has 0 bridgehead atoms. The van der Waals surface area contributed by atoms with E-state index in [-0.39, 0.29) is 6.04 Å². The number of benzene rings is 7. The van der Waals surface area contributed by atoms with Crippen molar-refractivity contribution < 1.29 is 0 Å². The van der Waals surface area contributed by atoms with E-state index in [9.17, 15) is 0 Å². The van der Waals surface area contributed by atoms with Gasteiger partial charge in [0, 0.05) is 11.3 Å². The van der Waals surface area contributed by atoms with Gasteiger partial charge in [0.1, 0.15) is 0 Å². The molecule has 53 heavy (non-hydrogen) atoms. The maximum atomic E-state index is 5.23. The van der Waals surface area contributed by atoms with Crippen LogP contribution in [0, 0.1) is 6.92 Å². The smallest absolute Gasteiger partial charge is 0.155 e. The quantitative estimate of drug-likeness (QED) is 0.107. The number of rotatable bonds is 9. The van der Waals surface area contributed by atoms with Crippen molar-refractivity contribution in [3.05, 3.63) is 204 Å². The van der Waals surface area contributed by atoms with E-state index in [0.29, 0.717) is 5.92 Å². The maximum absolute atomic E-state index is 5.23. The molecule has 2 nitrogen and oxygen atoms in total. The summed E-state index contributed by atoms with van der Waals surface area (Å²) < 4.78 is 0. The Labute approximate surface area is 314 Å². The van der Waals surface area contributed by atoms with Gasteiger partial charge in [-0.3, -0.25) is 4.99 Å². The molecule has 0 N–H and O–H groups in total. The fourth-order valence-electron chi connectivity index (χ4n) is 7.41. The van der Waals surface area contributed by atoms with Gasteiger partial charge in [-0.05, 0) is 124 Å². The second-order valence-corrected chi connectivity index (χ2v) is 14.2. The van der Waals surface area contributed by atoms with E-state index < -0.39 is 0 Å². The summed E-state index contributed by atoms with van der Waals surface area (Å²) in [7, 11) is 0. The van der Waals surface area contributed by atoms with Crippen molar-refractivity contribution in [3.63, 3.8) is 0 Å². The predicted molar refractivity (Wildman–Crippen MR) is 225 cm³/mol. The van der Waals surface area contributed by atoms with Crippen LogP contribution in [0.15, 0.2) is 186 Å². The van der Waals surface area contributed by atoms with Crippen LogP contribution in [-0.4, -0.2) is 11.5 Å². The van der Waals surface area contributed by atoms with Crippen molar-refractivity contribution in [1.82, 2.24) is 0 Å². The molecule has 0 amide bonds. The van der Waals surface area contributed by atoms with Gasteiger partial charge in [0.05, 0.1) is 6.04 Å². The van der Waals surface area contributed by atoms with Gasteiger partial charge in [0.25, 0.3) is 0 Å². The molecule has 2 heteroatoms. The zero-order valence-electron chi connectivity index (χ0n) is 30.7. The Morgan fingerprint density at radius 3 is 1.60 bits per heavy atom. The van der Waals surface area contributed by atoms with Crippen LogP contribution in [0.1, 0.15) is 66.5 Å². The number of hydrogen-bond donors (Lipinski definition) is 0. The highest BCUT2D eigenvalue weighted by atomic mass is 14.9.